The number of hydrogen-bond acceptors (Lipinski definition) is 3. The second-order valence-corrected chi connectivity index (χ2v) is 4.65. The summed E-state index contributed by atoms with van der Waals surface area (Å²) in [4.78, 5) is 0. The van der Waals surface area contributed by atoms with Crippen LogP contribution in [-0.4, -0.2) is 18.2 Å². The predicted octanol–water partition coefficient (Wildman–Crippen LogP) is 2.74. The van der Waals surface area contributed by atoms with E-state index < -0.39 is 5.54 Å². The highest BCUT2D eigenvalue weighted by atomic mass is 16.5. The van der Waals surface area contributed by atoms with E-state index in [1.807, 2.05) is 51.1 Å². The summed E-state index contributed by atoms with van der Waals surface area (Å²) in [5, 5.41) is 12.4. The first kappa shape index (κ1) is 13.5. The van der Waals surface area contributed by atoms with E-state index in [9.17, 15) is 0 Å². The van der Waals surface area contributed by atoms with Gasteiger partial charge in [-0.25, -0.2) is 0 Å². The molecule has 0 saturated carbocycles. The molecule has 0 heterocycles. The van der Waals surface area contributed by atoms with Crippen LogP contribution in [0.3, 0.4) is 0 Å². The van der Waals surface area contributed by atoms with E-state index in [0.29, 0.717) is 13.0 Å². The molecule has 0 radical (unpaired) electrons. The molecule has 17 heavy (non-hydrogen) atoms. The van der Waals surface area contributed by atoms with E-state index in [2.05, 4.69) is 11.4 Å². The third-order valence-corrected chi connectivity index (χ3v) is 2.47. The number of benzene rings is 1. The van der Waals surface area contributed by atoms with Crippen molar-refractivity contribution in [1.29, 1.82) is 5.26 Å². The van der Waals surface area contributed by atoms with Gasteiger partial charge in [-0.1, -0.05) is 18.2 Å². The van der Waals surface area contributed by atoms with Crippen LogP contribution in [0.5, 0.6) is 5.75 Å². The van der Waals surface area contributed by atoms with Crippen LogP contribution in [0.1, 0.15) is 27.2 Å². The maximum absolute atomic E-state index is 9.16. The summed E-state index contributed by atoms with van der Waals surface area (Å²) in [5.74, 6) is 0.845. The predicted molar refractivity (Wildman–Crippen MR) is 68.8 cm³/mol. The quantitative estimate of drug-likeness (QED) is 0.820. The van der Waals surface area contributed by atoms with Crippen LogP contribution < -0.4 is 10.1 Å². The fraction of sp³-hybridized carbons (Fsp3) is 0.500. The van der Waals surface area contributed by atoms with Gasteiger partial charge in [-0.2, -0.15) is 5.26 Å². The van der Waals surface area contributed by atoms with Gasteiger partial charge < -0.3 is 4.74 Å². The molecule has 0 bridgehead atoms. The summed E-state index contributed by atoms with van der Waals surface area (Å²) < 4.78 is 5.59. The summed E-state index contributed by atoms with van der Waals surface area (Å²) in [7, 11) is 0. The summed E-state index contributed by atoms with van der Waals surface area (Å²) >= 11 is 0. The highest BCUT2D eigenvalue weighted by molar-refractivity contribution is 5.21. The summed E-state index contributed by atoms with van der Waals surface area (Å²) in [5.41, 5.74) is -0.525. The van der Waals surface area contributed by atoms with Crippen LogP contribution in [0.25, 0.3) is 0 Å². The van der Waals surface area contributed by atoms with Crippen molar-refractivity contribution in [3.63, 3.8) is 0 Å². The van der Waals surface area contributed by atoms with Gasteiger partial charge in [0.15, 0.2) is 0 Å². The molecule has 1 aromatic carbocycles. The zero-order valence-electron chi connectivity index (χ0n) is 10.7. The molecule has 1 unspecified atom stereocenters. The second kappa shape index (κ2) is 6.27. The minimum absolute atomic E-state index is 0.288. The Morgan fingerprint density at radius 1 is 1.35 bits per heavy atom. The average molecular weight is 232 g/mol. The smallest absolute Gasteiger partial charge is 0.119 e. The van der Waals surface area contributed by atoms with Gasteiger partial charge in [0.25, 0.3) is 0 Å². The first-order valence-corrected chi connectivity index (χ1v) is 5.92. The van der Waals surface area contributed by atoms with Crippen LogP contribution in [0.4, 0.5) is 0 Å². The Balaban J connectivity index is 2.41. The third kappa shape index (κ3) is 4.88. The normalized spacial score (nSPS) is 14.1. The molecule has 0 aliphatic rings. The molecular weight excluding hydrogens is 212 g/mol. The van der Waals surface area contributed by atoms with Crippen molar-refractivity contribution in [3.8, 4) is 11.8 Å². The molecule has 1 N–H and O–H groups in total. The second-order valence-electron chi connectivity index (χ2n) is 4.65. The summed E-state index contributed by atoms with van der Waals surface area (Å²) in [6.45, 7) is 6.51. The lowest BCUT2D eigenvalue weighted by atomic mass is 9.99. The Kier molecular flexibility index (Phi) is 4.99. The zero-order chi connectivity index (χ0) is 12.7. The fourth-order valence-corrected chi connectivity index (χ4v) is 1.69. The molecule has 3 heteroatoms. The molecule has 1 rings (SSSR count). The third-order valence-electron chi connectivity index (χ3n) is 2.47. The van der Waals surface area contributed by atoms with Crippen LogP contribution in [0, 0.1) is 11.3 Å². The minimum Gasteiger partial charge on any atom is -0.493 e. The van der Waals surface area contributed by atoms with Crippen LogP contribution in [0.2, 0.25) is 0 Å². The average Bonchev–Trinajstić information content (AvgIpc) is 2.29. The first-order valence-electron chi connectivity index (χ1n) is 5.92. The highest BCUT2D eigenvalue weighted by Gasteiger charge is 2.24. The van der Waals surface area contributed by atoms with E-state index in [0.717, 1.165) is 5.75 Å². The molecule has 0 aliphatic heterocycles. The van der Waals surface area contributed by atoms with Crippen molar-refractivity contribution in [2.45, 2.75) is 38.8 Å². The lowest BCUT2D eigenvalue weighted by Gasteiger charge is -2.25. The molecule has 3 nitrogen and oxygen atoms in total. The van der Waals surface area contributed by atoms with E-state index >= 15 is 0 Å². The standard InChI is InChI=1S/C14H20N2O/c1-12(2)16-14(3,11-15)9-10-17-13-7-5-4-6-8-13/h4-8,12,16H,9-10H2,1-3H3. The number of rotatable bonds is 6. The minimum atomic E-state index is -0.525. The number of nitrogens with one attached hydrogen (secondary N) is 1. The SMILES string of the molecule is CC(C)NC(C)(C#N)CCOc1ccccc1. The molecule has 0 aliphatic carbocycles. The molecule has 92 valence electrons. The van der Waals surface area contributed by atoms with Gasteiger partial charge in [0.2, 0.25) is 0 Å². The number of nitriles is 1. The Hall–Kier alpha value is -1.53. The van der Waals surface area contributed by atoms with E-state index in [1.165, 1.54) is 0 Å². The Morgan fingerprint density at radius 3 is 2.53 bits per heavy atom. The molecule has 0 saturated heterocycles. The van der Waals surface area contributed by atoms with Crippen molar-refractivity contribution < 1.29 is 4.74 Å². The van der Waals surface area contributed by atoms with Gasteiger partial charge >= 0.3 is 0 Å². The summed E-state index contributed by atoms with van der Waals surface area (Å²) in [6.07, 6.45) is 0.663. The fourth-order valence-electron chi connectivity index (χ4n) is 1.69. The number of ether oxygens (including phenoxy) is 1. The van der Waals surface area contributed by atoms with Crippen molar-refractivity contribution >= 4 is 0 Å². The molecule has 0 spiro atoms. The highest BCUT2D eigenvalue weighted by Crippen LogP contribution is 2.13. The Morgan fingerprint density at radius 2 is 2.00 bits per heavy atom. The van der Waals surface area contributed by atoms with Gasteiger partial charge in [-0.05, 0) is 32.9 Å². The van der Waals surface area contributed by atoms with E-state index in [-0.39, 0.29) is 6.04 Å². The maximum Gasteiger partial charge on any atom is 0.119 e. The van der Waals surface area contributed by atoms with E-state index in [1.54, 1.807) is 0 Å². The van der Waals surface area contributed by atoms with Crippen molar-refractivity contribution in [2.24, 2.45) is 0 Å². The van der Waals surface area contributed by atoms with Crippen molar-refractivity contribution in [2.75, 3.05) is 6.61 Å². The summed E-state index contributed by atoms with van der Waals surface area (Å²) in [6, 6.07) is 12.2. The molecule has 1 aromatic rings. The van der Waals surface area contributed by atoms with Gasteiger partial charge in [0.1, 0.15) is 11.3 Å². The molecular formula is C14H20N2O. The Bertz CT molecular complexity index is 370. The van der Waals surface area contributed by atoms with Crippen molar-refractivity contribution in [3.05, 3.63) is 30.3 Å². The Labute approximate surface area is 103 Å². The van der Waals surface area contributed by atoms with Gasteiger partial charge in [-0.3, -0.25) is 5.32 Å². The monoisotopic (exact) mass is 232 g/mol. The molecule has 0 aromatic heterocycles. The molecule has 0 amide bonds. The molecule has 1 atom stereocenters. The first-order chi connectivity index (χ1) is 8.06. The zero-order valence-corrected chi connectivity index (χ0v) is 10.7. The number of hydrogen-bond donors (Lipinski definition) is 1. The van der Waals surface area contributed by atoms with Crippen molar-refractivity contribution in [1.82, 2.24) is 5.32 Å². The maximum atomic E-state index is 9.16. The van der Waals surface area contributed by atoms with Gasteiger partial charge in [-0.15, -0.1) is 0 Å². The lowest BCUT2D eigenvalue weighted by molar-refractivity contribution is 0.260. The van der Waals surface area contributed by atoms with Gasteiger partial charge in [0, 0.05) is 12.5 Å². The number of nitrogens with zero attached hydrogens (tertiary/aromatic N) is 1. The number of para-hydroxylation sites is 1. The largest absolute Gasteiger partial charge is 0.493 e. The van der Waals surface area contributed by atoms with Crippen LogP contribution >= 0.6 is 0 Å². The lowest BCUT2D eigenvalue weighted by Crippen LogP contribution is -2.45. The van der Waals surface area contributed by atoms with E-state index in [4.69, 9.17) is 10.00 Å². The topological polar surface area (TPSA) is 45.0 Å². The van der Waals surface area contributed by atoms with Crippen LogP contribution in [0.15, 0.2) is 30.3 Å². The van der Waals surface area contributed by atoms with Crippen LogP contribution in [-0.2, 0) is 0 Å². The van der Waals surface area contributed by atoms with Gasteiger partial charge in [0.05, 0.1) is 12.7 Å². The molecule has 0 fully saturated rings.